The largest absolute Gasteiger partial charge is 0.280 e. The topological polar surface area (TPSA) is 33.0 Å². The molecule has 0 heterocycles. The number of hydrogen-bond donors (Lipinski definition) is 0. The lowest BCUT2D eigenvalue weighted by atomic mass is 10.2. The molecule has 2 nitrogen and oxygen atoms in total. The van der Waals surface area contributed by atoms with E-state index in [0.717, 1.165) is 5.56 Å². The summed E-state index contributed by atoms with van der Waals surface area (Å²) in [5, 5.41) is 0.703. The Morgan fingerprint density at radius 3 is 2.40 bits per heavy atom. The van der Waals surface area contributed by atoms with Gasteiger partial charge in [0.25, 0.3) is 0 Å². The van der Waals surface area contributed by atoms with E-state index in [1.165, 1.54) is 0 Å². The molecule has 0 saturated heterocycles. The molecule has 1 aromatic carbocycles. The molecule has 10 heavy (non-hydrogen) atoms. The third-order valence-corrected chi connectivity index (χ3v) is 1.40. The summed E-state index contributed by atoms with van der Waals surface area (Å²) in [5.41, 5.74) is 0.958. The Morgan fingerprint density at radius 1 is 1.30 bits per heavy atom. The zero-order valence-corrected chi connectivity index (χ0v) is 6.06. The second-order valence-electron chi connectivity index (χ2n) is 1.92. The predicted molar refractivity (Wildman–Crippen MR) is 39.3 cm³/mol. The smallest absolute Gasteiger partial charge is 0.0950 e. The minimum Gasteiger partial charge on any atom is -0.280 e. The fourth-order valence-electron chi connectivity index (χ4n) is 0.664. The van der Waals surface area contributed by atoms with E-state index in [0.29, 0.717) is 11.6 Å². The fourth-order valence-corrected chi connectivity index (χ4v) is 0.790. The lowest BCUT2D eigenvalue weighted by molar-refractivity contribution is 0.104. The van der Waals surface area contributed by atoms with Crippen LogP contribution in [0.1, 0.15) is 5.56 Å². The molecule has 0 fully saturated rings. The molecule has 0 atom stereocenters. The van der Waals surface area contributed by atoms with Gasteiger partial charge in [-0.15, -0.1) is 5.90 Å². The maximum Gasteiger partial charge on any atom is 0.0950 e. The van der Waals surface area contributed by atoms with Gasteiger partial charge in [-0.05, 0) is 17.7 Å². The number of halogens is 1. The SMILES string of the molecule is [NH]OCc1ccc(Cl)cc1. The highest BCUT2D eigenvalue weighted by atomic mass is 35.5. The van der Waals surface area contributed by atoms with E-state index >= 15 is 0 Å². The van der Waals surface area contributed by atoms with Crippen molar-refractivity contribution in [3.05, 3.63) is 34.9 Å². The standard InChI is InChI=1S/C7H7ClNO/c8-7-3-1-6(2-4-7)5-10-9/h1-4,9H,5H2. The summed E-state index contributed by atoms with van der Waals surface area (Å²) in [7, 11) is 0. The molecule has 1 aromatic rings. The van der Waals surface area contributed by atoms with Gasteiger partial charge in [-0.3, -0.25) is 4.84 Å². The van der Waals surface area contributed by atoms with Crippen LogP contribution in [0.2, 0.25) is 5.02 Å². The summed E-state index contributed by atoms with van der Waals surface area (Å²) in [6.45, 7) is 0.317. The summed E-state index contributed by atoms with van der Waals surface area (Å²) < 4.78 is 0. The van der Waals surface area contributed by atoms with Crippen LogP contribution in [-0.2, 0) is 11.4 Å². The van der Waals surface area contributed by atoms with Gasteiger partial charge in [-0.25, -0.2) is 0 Å². The molecule has 0 bridgehead atoms. The first-order chi connectivity index (χ1) is 4.83. The molecular weight excluding hydrogens is 150 g/mol. The first-order valence-corrected chi connectivity index (χ1v) is 3.23. The van der Waals surface area contributed by atoms with Gasteiger partial charge in [-0.1, -0.05) is 23.7 Å². The lowest BCUT2D eigenvalue weighted by Crippen LogP contribution is -1.87. The van der Waals surface area contributed by atoms with E-state index in [4.69, 9.17) is 17.5 Å². The summed E-state index contributed by atoms with van der Waals surface area (Å²) in [6.07, 6.45) is 0. The molecule has 53 valence electrons. The first-order valence-electron chi connectivity index (χ1n) is 2.86. The molecular formula is C7H7ClNO. The van der Waals surface area contributed by atoms with Crippen LogP contribution in [0.5, 0.6) is 0 Å². The number of hydrogen-bond acceptors (Lipinski definition) is 1. The van der Waals surface area contributed by atoms with Gasteiger partial charge in [0.15, 0.2) is 0 Å². The molecule has 0 saturated carbocycles. The van der Waals surface area contributed by atoms with Crippen LogP contribution in [0.15, 0.2) is 24.3 Å². The van der Waals surface area contributed by atoms with Gasteiger partial charge in [-0.2, -0.15) is 0 Å². The molecule has 3 heteroatoms. The van der Waals surface area contributed by atoms with Crippen LogP contribution in [0.3, 0.4) is 0 Å². The van der Waals surface area contributed by atoms with Crippen LogP contribution >= 0.6 is 11.6 Å². The van der Waals surface area contributed by atoms with Crippen molar-refractivity contribution in [2.75, 3.05) is 0 Å². The first kappa shape index (κ1) is 7.54. The average molecular weight is 157 g/mol. The van der Waals surface area contributed by atoms with Crippen molar-refractivity contribution >= 4 is 11.6 Å². The van der Waals surface area contributed by atoms with Gasteiger partial charge in [0.1, 0.15) is 0 Å². The van der Waals surface area contributed by atoms with Crippen molar-refractivity contribution in [3.8, 4) is 0 Å². The van der Waals surface area contributed by atoms with Crippen LogP contribution in [0.4, 0.5) is 0 Å². The van der Waals surface area contributed by atoms with E-state index < -0.39 is 0 Å². The summed E-state index contributed by atoms with van der Waals surface area (Å²) >= 11 is 5.62. The van der Waals surface area contributed by atoms with Gasteiger partial charge in [0, 0.05) is 5.02 Å². The minimum atomic E-state index is 0.317. The third-order valence-electron chi connectivity index (χ3n) is 1.15. The zero-order chi connectivity index (χ0) is 7.40. The monoisotopic (exact) mass is 156 g/mol. The van der Waals surface area contributed by atoms with Crippen molar-refractivity contribution < 1.29 is 4.84 Å². The van der Waals surface area contributed by atoms with Crippen molar-refractivity contribution in [1.29, 1.82) is 0 Å². The van der Waals surface area contributed by atoms with Crippen molar-refractivity contribution in [2.45, 2.75) is 6.61 Å². The normalized spacial score (nSPS) is 9.80. The summed E-state index contributed by atoms with van der Waals surface area (Å²) in [6, 6.07) is 7.21. The maximum absolute atomic E-state index is 6.46. The Hall–Kier alpha value is -0.570. The van der Waals surface area contributed by atoms with Crippen LogP contribution < -0.4 is 5.90 Å². The Balaban J connectivity index is 2.69. The van der Waals surface area contributed by atoms with Crippen LogP contribution in [-0.4, -0.2) is 0 Å². The van der Waals surface area contributed by atoms with E-state index in [1.54, 1.807) is 12.1 Å². The molecule has 0 amide bonds. The van der Waals surface area contributed by atoms with Crippen LogP contribution in [0, 0.1) is 0 Å². The molecule has 1 rings (SSSR count). The second kappa shape index (κ2) is 3.56. The van der Waals surface area contributed by atoms with Crippen molar-refractivity contribution in [2.24, 2.45) is 0 Å². The Labute approximate surface area is 64.5 Å². The van der Waals surface area contributed by atoms with Crippen molar-refractivity contribution in [1.82, 2.24) is 5.90 Å². The zero-order valence-electron chi connectivity index (χ0n) is 5.30. The number of rotatable bonds is 2. The summed E-state index contributed by atoms with van der Waals surface area (Å²) in [4.78, 5) is 4.17. The molecule has 0 aliphatic heterocycles. The Bertz CT molecular complexity index is 197. The average Bonchev–Trinajstić information content (AvgIpc) is 1.95. The Morgan fingerprint density at radius 2 is 1.90 bits per heavy atom. The van der Waals surface area contributed by atoms with Gasteiger partial charge in [0.2, 0.25) is 0 Å². The molecule has 0 aliphatic carbocycles. The highest BCUT2D eigenvalue weighted by molar-refractivity contribution is 6.30. The third kappa shape index (κ3) is 1.99. The molecule has 0 spiro atoms. The minimum absolute atomic E-state index is 0.317. The maximum atomic E-state index is 6.46. The van der Waals surface area contributed by atoms with E-state index in [9.17, 15) is 0 Å². The molecule has 1 radical (unpaired) electrons. The molecule has 1 N–H and O–H groups in total. The fraction of sp³-hybridized carbons (Fsp3) is 0.143. The van der Waals surface area contributed by atoms with E-state index in [2.05, 4.69) is 4.84 Å². The highest BCUT2D eigenvalue weighted by Crippen LogP contribution is 2.09. The van der Waals surface area contributed by atoms with Crippen LogP contribution in [0.25, 0.3) is 0 Å². The highest BCUT2D eigenvalue weighted by Gasteiger charge is 1.90. The van der Waals surface area contributed by atoms with Gasteiger partial charge in [0.05, 0.1) is 6.61 Å². The van der Waals surface area contributed by atoms with Gasteiger partial charge < -0.3 is 0 Å². The van der Waals surface area contributed by atoms with Crippen molar-refractivity contribution in [3.63, 3.8) is 0 Å². The van der Waals surface area contributed by atoms with E-state index in [-0.39, 0.29) is 0 Å². The Kier molecular flexibility index (Phi) is 2.68. The summed E-state index contributed by atoms with van der Waals surface area (Å²) in [5.74, 6) is 6.46. The number of nitrogens with one attached hydrogen (secondary N) is 1. The molecule has 0 aliphatic rings. The molecule has 0 aromatic heterocycles. The quantitative estimate of drug-likeness (QED) is 0.604. The lowest BCUT2D eigenvalue weighted by Gasteiger charge is -1.95. The van der Waals surface area contributed by atoms with E-state index in [1.807, 2.05) is 12.1 Å². The molecule has 0 unspecified atom stereocenters. The van der Waals surface area contributed by atoms with Gasteiger partial charge >= 0.3 is 0 Å². The predicted octanol–water partition coefficient (Wildman–Crippen LogP) is 2.05. The number of benzene rings is 1. The second-order valence-corrected chi connectivity index (χ2v) is 2.35.